The zero-order chi connectivity index (χ0) is 27.1. The van der Waals surface area contributed by atoms with Crippen LogP contribution in [-0.2, 0) is 6.54 Å². The molecule has 1 N–H and O–H groups in total. The van der Waals surface area contributed by atoms with Gasteiger partial charge in [-0.25, -0.2) is 4.98 Å². The fraction of sp³-hybridized carbons (Fsp3) is 0.0606. The van der Waals surface area contributed by atoms with Crippen LogP contribution >= 0.6 is 0 Å². The largest absolute Gasteiger partial charge is 0.348 e. The highest BCUT2D eigenvalue weighted by Crippen LogP contribution is 2.34. The molecule has 1 amide bonds. The van der Waals surface area contributed by atoms with E-state index in [4.69, 9.17) is 4.98 Å². The molecule has 3 aromatic carbocycles. The lowest BCUT2D eigenvalue weighted by Crippen LogP contribution is -2.22. The van der Waals surface area contributed by atoms with Crippen LogP contribution in [0.25, 0.3) is 49.8 Å². The van der Waals surface area contributed by atoms with Crippen molar-refractivity contribution < 1.29 is 4.79 Å². The van der Waals surface area contributed by atoms with Crippen molar-refractivity contribution in [3.63, 3.8) is 0 Å². The topological polar surface area (TPSA) is 85.1 Å². The number of hydrogen-bond donors (Lipinski definition) is 1. The zero-order valence-corrected chi connectivity index (χ0v) is 21.7. The third-order valence-corrected chi connectivity index (χ3v) is 7.16. The zero-order valence-electron chi connectivity index (χ0n) is 21.7. The first-order valence-electron chi connectivity index (χ1n) is 13.1. The minimum atomic E-state index is -0.153. The Hall–Kier alpha value is -5.43. The fourth-order valence-electron chi connectivity index (χ4n) is 5.03. The number of rotatable bonds is 5. The Kier molecular flexibility index (Phi) is 5.74. The van der Waals surface area contributed by atoms with Gasteiger partial charge in [-0.05, 0) is 42.3 Å². The molecule has 7 nitrogen and oxygen atoms in total. The molecule has 0 aliphatic rings. The first-order valence-corrected chi connectivity index (χ1v) is 13.1. The van der Waals surface area contributed by atoms with Crippen LogP contribution in [-0.4, -0.2) is 30.5 Å². The number of nitrogens with one attached hydrogen (secondary N) is 1. The molecule has 0 bridgehead atoms. The molecule has 0 saturated heterocycles. The van der Waals surface area contributed by atoms with Crippen LogP contribution in [0.3, 0.4) is 0 Å². The van der Waals surface area contributed by atoms with E-state index >= 15 is 0 Å². The van der Waals surface area contributed by atoms with Gasteiger partial charge < -0.3 is 5.32 Å². The van der Waals surface area contributed by atoms with E-state index in [0.29, 0.717) is 12.1 Å². The number of para-hydroxylation sites is 1. The number of aromatic nitrogens is 5. The molecule has 0 atom stereocenters. The van der Waals surface area contributed by atoms with Gasteiger partial charge in [-0.3, -0.25) is 14.2 Å². The van der Waals surface area contributed by atoms with E-state index in [9.17, 15) is 4.79 Å². The van der Waals surface area contributed by atoms with E-state index in [-0.39, 0.29) is 5.91 Å². The predicted molar refractivity (Wildman–Crippen MR) is 157 cm³/mol. The molecule has 7 rings (SSSR count). The lowest BCUT2D eigenvalue weighted by Gasteiger charge is -2.13. The van der Waals surface area contributed by atoms with Gasteiger partial charge in [0.2, 0.25) is 0 Å². The summed E-state index contributed by atoms with van der Waals surface area (Å²) in [6.07, 6.45) is 3.58. The maximum Gasteiger partial charge on any atom is 0.253 e. The normalized spacial score (nSPS) is 11.3. The second kappa shape index (κ2) is 9.71. The van der Waals surface area contributed by atoms with Gasteiger partial charge in [0.1, 0.15) is 5.82 Å². The van der Waals surface area contributed by atoms with Gasteiger partial charge in [0.05, 0.1) is 22.3 Å². The van der Waals surface area contributed by atoms with Gasteiger partial charge in [-0.1, -0.05) is 72.8 Å². The Morgan fingerprint density at radius 2 is 1.62 bits per heavy atom. The first kappa shape index (κ1) is 23.7. The van der Waals surface area contributed by atoms with E-state index in [1.807, 2.05) is 84.3 Å². The summed E-state index contributed by atoms with van der Waals surface area (Å²) in [6, 6.07) is 32.2. The van der Waals surface area contributed by atoms with E-state index in [2.05, 4.69) is 50.8 Å². The minimum absolute atomic E-state index is 0.153. The Labute approximate surface area is 230 Å². The van der Waals surface area contributed by atoms with Crippen molar-refractivity contribution in [3.05, 3.63) is 126 Å². The summed E-state index contributed by atoms with van der Waals surface area (Å²) in [5.41, 5.74) is 8.02. The summed E-state index contributed by atoms with van der Waals surface area (Å²) in [4.78, 5) is 22.3. The number of carbonyl (C=O) groups is 1. The Balaban J connectivity index is 1.20. The van der Waals surface area contributed by atoms with E-state index in [1.54, 1.807) is 6.20 Å². The number of carbonyl (C=O) groups excluding carboxylic acids is 1. The van der Waals surface area contributed by atoms with Gasteiger partial charge in [0.25, 0.3) is 5.91 Å². The monoisotopic (exact) mass is 520 g/mol. The summed E-state index contributed by atoms with van der Waals surface area (Å²) in [6.45, 7) is 2.35. The van der Waals surface area contributed by atoms with Crippen molar-refractivity contribution in [2.45, 2.75) is 13.5 Å². The number of amides is 1. The van der Waals surface area contributed by atoms with Crippen molar-refractivity contribution in [1.29, 1.82) is 0 Å². The van der Waals surface area contributed by atoms with Crippen LogP contribution in [0.5, 0.6) is 0 Å². The number of pyridine rings is 3. The van der Waals surface area contributed by atoms with Crippen LogP contribution in [0, 0.1) is 6.92 Å². The van der Waals surface area contributed by atoms with Crippen molar-refractivity contribution in [2.75, 3.05) is 0 Å². The van der Waals surface area contributed by atoms with E-state index in [1.165, 1.54) is 0 Å². The number of nitrogens with zero attached hydrogens (tertiary/aromatic N) is 5. The van der Waals surface area contributed by atoms with Gasteiger partial charge in [0.15, 0.2) is 5.65 Å². The molecule has 0 aliphatic carbocycles. The standard InChI is InChI=1S/C33H24N6O/c1-21-37-38-32-28-18-27(23-7-3-2-4-8-23)31(36-30(28)15-16-39(21)32)24-13-11-22(12-14-24)19-35-33(40)26-17-25-9-5-6-10-29(25)34-20-26/h2-18,20H,19H2,1H3,(H,35,40). The Morgan fingerprint density at radius 3 is 2.48 bits per heavy atom. The van der Waals surface area contributed by atoms with Crippen molar-refractivity contribution in [2.24, 2.45) is 0 Å². The summed E-state index contributed by atoms with van der Waals surface area (Å²) >= 11 is 0. The maximum absolute atomic E-state index is 12.8. The maximum atomic E-state index is 12.8. The summed E-state index contributed by atoms with van der Waals surface area (Å²) < 4.78 is 1.98. The number of aryl methyl sites for hydroxylation is 1. The molecule has 0 fully saturated rings. The predicted octanol–water partition coefficient (Wildman–Crippen LogP) is 6.40. The van der Waals surface area contributed by atoms with E-state index < -0.39 is 0 Å². The molecule has 0 saturated carbocycles. The van der Waals surface area contributed by atoms with E-state index in [0.717, 1.165) is 61.2 Å². The molecule has 7 heteroatoms. The third kappa shape index (κ3) is 4.23. The van der Waals surface area contributed by atoms with Gasteiger partial charge in [-0.15, -0.1) is 10.2 Å². The quantitative estimate of drug-likeness (QED) is 0.284. The second-order valence-corrected chi connectivity index (χ2v) is 9.74. The minimum Gasteiger partial charge on any atom is -0.348 e. The fourth-order valence-corrected chi connectivity index (χ4v) is 5.03. The molecule has 192 valence electrons. The summed E-state index contributed by atoms with van der Waals surface area (Å²) in [5.74, 6) is 0.682. The van der Waals surface area contributed by atoms with Crippen molar-refractivity contribution >= 4 is 33.4 Å². The Bertz CT molecular complexity index is 2030. The molecule has 4 heterocycles. The molecule has 40 heavy (non-hydrogen) atoms. The van der Waals surface area contributed by atoms with Crippen LogP contribution in [0.2, 0.25) is 0 Å². The molecule has 0 spiro atoms. The summed E-state index contributed by atoms with van der Waals surface area (Å²) in [7, 11) is 0. The van der Waals surface area contributed by atoms with Crippen LogP contribution in [0.15, 0.2) is 109 Å². The smallest absolute Gasteiger partial charge is 0.253 e. The van der Waals surface area contributed by atoms with Crippen molar-refractivity contribution in [3.8, 4) is 22.4 Å². The second-order valence-electron chi connectivity index (χ2n) is 9.74. The third-order valence-electron chi connectivity index (χ3n) is 7.16. The van der Waals surface area contributed by atoms with Crippen molar-refractivity contribution in [1.82, 2.24) is 29.9 Å². The number of hydrogen-bond acceptors (Lipinski definition) is 5. The SMILES string of the molecule is Cc1nnc2c3cc(-c4ccccc4)c(-c4ccc(CNC(=O)c5cnc6ccccc6c5)cc4)nc3ccn12. The van der Waals surface area contributed by atoms with Gasteiger partial charge in [-0.2, -0.15) is 0 Å². The Morgan fingerprint density at radius 1 is 0.825 bits per heavy atom. The molecule has 7 aromatic rings. The highest BCUT2D eigenvalue weighted by atomic mass is 16.1. The molecule has 0 unspecified atom stereocenters. The molecule has 4 aromatic heterocycles. The van der Waals surface area contributed by atoms with Gasteiger partial charge in [0, 0.05) is 40.8 Å². The average Bonchev–Trinajstić information content (AvgIpc) is 3.40. The average molecular weight is 521 g/mol. The summed E-state index contributed by atoms with van der Waals surface area (Å²) in [5, 5.41) is 13.6. The van der Waals surface area contributed by atoms with Crippen LogP contribution in [0.4, 0.5) is 0 Å². The molecular formula is C33H24N6O. The number of benzene rings is 3. The lowest BCUT2D eigenvalue weighted by molar-refractivity contribution is 0.0950. The first-order chi connectivity index (χ1) is 19.6. The lowest BCUT2D eigenvalue weighted by atomic mass is 9.97. The molecule has 0 aliphatic heterocycles. The highest BCUT2D eigenvalue weighted by molar-refractivity contribution is 5.98. The van der Waals surface area contributed by atoms with Crippen LogP contribution in [0.1, 0.15) is 21.7 Å². The van der Waals surface area contributed by atoms with Crippen LogP contribution < -0.4 is 5.32 Å². The molecular weight excluding hydrogens is 496 g/mol. The molecule has 0 radical (unpaired) electrons. The number of fused-ring (bicyclic) bond motifs is 4. The van der Waals surface area contributed by atoms with Gasteiger partial charge >= 0.3 is 0 Å². The highest BCUT2D eigenvalue weighted by Gasteiger charge is 2.15.